The first-order chi connectivity index (χ1) is 9.45. The average Bonchev–Trinajstić information content (AvgIpc) is 2.42. The molecule has 0 fully saturated rings. The summed E-state index contributed by atoms with van der Waals surface area (Å²) in [5.74, 6) is 0.294. The largest absolute Gasteiger partial charge is 0.383 e. The van der Waals surface area contributed by atoms with Gasteiger partial charge in [0.05, 0.1) is 0 Å². The van der Waals surface area contributed by atoms with Crippen molar-refractivity contribution in [3.63, 3.8) is 0 Å². The maximum absolute atomic E-state index is 9.34. The smallest absolute Gasteiger partial charge is 0.142 e. The standard InChI is InChI=1S/C16H18N4/c1-10-11(2)19-16(18)14(9-17)15(10)12-5-7-13(8-6-12)20(3)4/h5-8H,1-4H3,(H2,18,19). The molecule has 0 aliphatic carbocycles. The predicted octanol–water partition coefficient (Wildman–Crippen LogP) is 2.89. The number of hydrogen-bond acceptors (Lipinski definition) is 4. The zero-order valence-electron chi connectivity index (χ0n) is 12.2. The van der Waals surface area contributed by atoms with Gasteiger partial charge in [0, 0.05) is 31.0 Å². The van der Waals surface area contributed by atoms with E-state index in [0.717, 1.165) is 28.1 Å². The van der Waals surface area contributed by atoms with E-state index in [1.807, 2.05) is 57.1 Å². The van der Waals surface area contributed by atoms with Gasteiger partial charge in [-0.2, -0.15) is 5.26 Å². The van der Waals surface area contributed by atoms with Crippen molar-refractivity contribution >= 4 is 11.5 Å². The van der Waals surface area contributed by atoms with Crippen molar-refractivity contribution < 1.29 is 0 Å². The molecule has 0 saturated carbocycles. The molecule has 1 aromatic heterocycles. The Morgan fingerprint density at radius 3 is 2.25 bits per heavy atom. The highest BCUT2D eigenvalue weighted by Gasteiger charge is 2.15. The van der Waals surface area contributed by atoms with Gasteiger partial charge in [0.1, 0.15) is 17.5 Å². The Balaban J connectivity index is 2.66. The van der Waals surface area contributed by atoms with Gasteiger partial charge in [-0.3, -0.25) is 0 Å². The molecule has 2 aromatic rings. The molecule has 1 heterocycles. The average molecular weight is 266 g/mol. The number of benzene rings is 1. The minimum atomic E-state index is 0.294. The fourth-order valence-electron chi connectivity index (χ4n) is 2.22. The zero-order valence-corrected chi connectivity index (χ0v) is 12.2. The molecular weight excluding hydrogens is 248 g/mol. The summed E-state index contributed by atoms with van der Waals surface area (Å²) in [6, 6.07) is 10.3. The number of nitrogens with zero attached hydrogens (tertiary/aromatic N) is 3. The molecule has 1 aromatic carbocycles. The lowest BCUT2D eigenvalue weighted by Gasteiger charge is -2.15. The van der Waals surface area contributed by atoms with Crippen LogP contribution >= 0.6 is 0 Å². The molecule has 4 nitrogen and oxygen atoms in total. The van der Waals surface area contributed by atoms with Crippen LogP contribution in [0.4, 0.5) is 11.5 Å². The second-order valence-corrected chi connectivity index (χ2v) is 5.01. The summed E-state index contributed by atoms with van der Waals surface area (Å²) in [6.07, 6.45) is 0. The normalized spacial score (nSPS) is 10.2. The highest BCUT2D eigenvalue weighted by Crippen LogP contribution is 2.32. The van der Waals surface area contributed by atoms with E-state index in [9.17, 15) is 5.26 Å². The van der Waals surface area contributed by atoms with Crippen molar-refractivity contribution in [2.24, 2.45) is 0 Å². The quantitative estimate of drug-likeness (QED) is 0.907. The summed E-state index contributed by atoms with van der Waals surface area (Å²) < 4.78 is 0. The first-order valence-corrected chi connectivity index (χ1v) is 6.40. The van der Waals surface area contributed by atoms with Crippen LogP contribution in [-0.4, -0.2) is 19.1 Å². The minimum absolute atomic E-state index is 0.294. The number of hydrogen-bond donors (Lipinski definition) is 1. The molecule has 0 amide bonds. The van der Waals surface area contributed by atoms with Crippen LogP contribution in [0.25, 0.3) is 11.1 Å². The molecule has 0 atom stereocenters. The third-order valence-electron chi connectivity index (χ3n) is 3.50. The number of pyridine rings is 1. The number of nitrogen functional groups attached to an aromatic ring is 1. The highest BCUT2D eigenvalue weighted by molar-refractivity contribution is 5.79. The van der Waals surface area contributed by atoms with Gasteiger partial charge in [-0.05, 0) is 37.1 Å². The summed E-state index contributed by atoms with van der Waals surface area (Å²) in [5.41, 5.74) is 11.2. The molecule has 102 valence electrons. The minimum Gasteiger partial charge on any atom is -0.383 e. The molecule has 0 aliphatic heterocycles. The Hall–Kier alpha value is -2.54. The molecule has 0 aliphatic rings. The van der Waals surface area contributed by atoms with Crippen LogP contribution in [0.1, 0.15) is 16.8 Å². The third-order valence-corrected chi connectivity index (χ3v) is 3.50. The van der Waals surface area contributed by atoms with Gasteiger partial charge in [-0.1, -0.05) is 12.1 Å². The van der Waals surface area contributed by atoms with Crippen LogP contribution in [0.3, 0.4) is 0 Å². The number of aromatic nitrogens is 1. The summed E-state index contributed by atoms with van der Waals surface area (Å²) in [5, 5.41) is 9.34. The summed E-state index contributed by atoms with van der Waals surface area (Å²) in [6.45, 7) is 3.88. The summed E-state index contributed by atoms with van der Waals surface area (Å²) in [7, 11) is 3.99. The van der Waals surface area contributed by atoms with Gasteiger partial charge in [0.2, 0.25) is 0 Å². The van der Waals surface area contributed by atoms with Gasteiger partial charge in [0.15, 0.2) is 0 Å². The molecule has 20 heavy (non-hydrogen) atoms. The van der Waals surface area contributed by atoms with Gasteiger partial charge >= 0.3 is 0 Å². The van der Waals surface area contributed by atoms with Gasteiger partial charge < -0.3 is 10.6 Å². The Morgan fingerprint density at radius 2 is 1.75 bits per heavy atom. The van der Waals surface area contributed by atoms with Crippen molar-refractivity contribution in [3.8, 4) is 17.2 Å². The number of rotatable bonds is 2. The number of anilines is 2. The summed E-state index contributed by atoms with van der Waals surface area (Å²) >= 11 is 0. The number of nitriles is 1. The second kappa shape index (κ2) is 5.22. The fourth-order valence-corrected chi connectivity index (χ4v) is 2.22. The number of aryl methyl sites for hydroxylation is 1. The first-order valence-electron chi connectivity index (χ1n) is 6.40. The van der Waals surface area contributed by atoms with E-state index >= 15 is 0 Å². The van der Waals surface area contributed by atoms with Crippen molar-refractivity contribution in [1.82, 2.24) is 4.98 Å². The fraction of sp³-hybridized carbons (Fsp3) is 0.250. The Bertz CT molecular complexity index is 679. The Kier molecular flexibility index (Phi) is 3.62. The highest BCUT2D eigenvalue weighted by atomic mass is 15.1. The molecule has 4 heteroatoms. The molecule has 2 rings (SSSR count). The van der Waals surface area contributed by atoms with Gasteiger partial charge in [-0.15, -0.1) is 0 Å². The predicted molar refractivity (Wildman–Crippen MR) is 82.6 cm³/mol. The Morgan fingerprint density at radius 1 is 1.15 bits per heavy atom. The second-order valence-electron chi connectivity index (χ2n) is 5.01. The SMILES string of the molecule is Cc1nc(N)c(C#N)c(-c2ccc(N(C)C)cc2)c1C. The molecule has 0 unspecified atom stereocenters. The van der Waals surface area contributed by atoms with Crippen molar-refractivity contribution in [2.75, 3.05) is 24.7 Å². The van der Waals surface area contributed by atoms with E-state index in [4.69, 9.17) is 5.73 Å². The third kappa shape index (κ3) is 2.30. The van der Waals surface area contributed by atoms with Crippen LogP contribution in [0, 0.1) is 25.2 Å². The molecule has 2 N–H and O–H groups in total. The van der Waals surface area contributed by atoms with Crippen LogP contribution in [0.15, 0.2) is 24.3 Å². The monoisotopic (exact) mass is 266 g/mol. The van der Waals surface area contributed by atoms with E-state index < -0.39 is 0 Å². The van der Waals surface area contributed by atoms with Crippen LogP contribution in [0.5, 0.6) is 0 Å². The van der Waals surface area contributed by atoms with Crippen LogP contribution < -0.4 is 10.6 Å². The molecular formula is C16H18N4. The van der Waals surface area contributed by atoms with Gasteiger partial charge in [0.25, 0.3) is 0 Å². The van der Waals surface area contributed by atoms with Crippen LogP contribution in [0.2, 0.25) is 0 Å². The lowest BCUT2D eigenvalue weighted by Crippen LogP contribution is -2.08. The van der Waals surface area contributed by atoms with E-state index in [1.165, 1.54) is 0 Å². The number of nitrogens with two attached hydrogens (primary N) is 1. The molecule has 0 bridgehead atoms. The van der Waals surface area contributed by atoms with Crippen LogP contribution in [-0.2, 0) is 0 Å². The van der Waals surface area contributed by atoms with Crippen molar-refractivity contribution in [1.29, 1.82) is 5.26 Å². The zero-order chi connectivity index (χ0) is 14.9. The topological polar surface area (TPSA) is 65.9 Å². The summed E-state index contributed by atoms with van der Waals surface area (Å²) in [4.78, 5) is 6.26. The maximum Gasteiger partial charge on any atom is 0.142 e. The maximum atomic E-state index is 9.34. The van der Waals surface area contributed by atoms with E-state index in [2.05, 4.69) is 11.1 Å². The lowest BCUT2D eigenvalue weighted by atomic mass is 9.95. The lowest BCUT2D eigenvalue weighted by molar-refractivity contribution is 1.13. The van der Waals surface area contributed by atoms with Crippen molar-refractivity contribution in [2.45, 2.75) is 13.8 Å². The molecule has 0 saturated heterocycles. The van der Waals surface area contributed by atoms with E-state index in [-0.39, 0.29) is 0 Å². The van der Waals surface area contributed by atoms with E-state index in [0.29, 0.717) is 11.4 Å². The van der Waals surface area contributed by atoms with Gasteiger partial charge in [-0.25, -0.2) is 4.98 Å². The first kappa shape index (κ1) is 13.9. The molecule has 0 radical (unpaired) electrons. The molecule has 0 spiro atoms. The van der Waals surface area contributed by atoms with E-state index in [1.54, 1.807) is 0 Å². The Labute approximate surface area is 119 Å². The van der Waals surface area contributed by atoms with Crippen molar-refractivity contribution in [3.05, 3.63) is 41.1 Å².